The second kappa shape index (κ2) is 7.10. The van der Waals surface area contributed by atoms with Gasteiger partial charge in [-0.25, -0.2) is 4.90 Å². The van der Waals surface area contributed by atoms with Gasteiger partial charge in [-0.05, 0) is 30.0 Å². The lowest BCUT2D eigenvalue weighted by Crippen LogP contribution is -2.39. The van der Waals surface area contributed by atoms with E-state index in [9.17, 15) is 9.59 Å². The van der Waals surface area contributed by atoms with Crippen molar-refractivity contribution in [2.24, 2.45) is 0 Å². The molecule has 0 unspecified atom stereocenters. The Labute approximate surface area is 152 Å². The molecular weight excluding hydrogens is 324 g/mol. The summed E-state index contributed by atoms with van der Waals surface area (Å²) in [5.74, 6) is -0.317. The molecule has 1 atom stereocenters. The van der Waals surface area contributed by atoms with Crippen LogP contribution in [-0.4, -0.2) is 24.4 Å². The van der Waals surface area contributed by atoms with Gasteiger partial charge in [0.15, 0.2) is 0 Å². The Morgan fingerprint density at radius 3 is 2.46 bits per heavy atom. The molecule has 130 valence electrons. The molecule has 0 saturated carbocycles. The molecule has 0 spiro atoms. The van der Waals surface area contributed by atoms with Crippen molar-refractivity contribution in [3.8, 4) is 0 Å². The predicted molar refractivity (Wildman–Crippen MR) is 103 cm³/mol. The zero-order valence-electron chi connectivity index (χ0n) is 14.4. The van der Waals surface area contributed by atoms with Crippen LogP contribution >= 0.6 is 0 Å². The van der Waals surface area contributed by atoms with Gasteiger partial charge in [0.05, 0.1) is 18.2 Å². The summed E-state index contributed by atoms with van der Waals surface area (Å²) in [6, 6.07) is 23.2. The third kappa shape index (κ3) is 3.11. The maximum absolute atomic E-state index is 12.8. The first-order valence-electron chi connectivity index (χ1n) is 8.86. The van der Waals surface area contributed by atoms with Gasteiger partial charge in [0.25, 0.3) is 5.91 Å². The molecule has 4 rings (SSSR count). The second-order valence-electron chi connectivity index (χ2n) is 6.51. The number of nitrogens with zero attached hydrogens (tertiary/aromatic N) is 1. The van der Waals surface area contributed by atoms with Crippen LogP contribution in [0.1, 0.15) is 12.0 Å². The van der Waals surface area contributed by atoms with Crippen LogP contribution in [0.4, 0.5) is 5.69 Å². The minimum absolute atomic E-state index is 0.149. The van der Waals surface area contributed by atoms with E-state index >= 15 is 0 Å². The minimum Gasteiger partial charge on any atom is -0.305 e. The molecule has 0 aromatic heterocycles. The Hall–Kier alpha value is -2.98. The Morgan fingerprint density at radius 2 is 1.62 bits per heavy atom. The molecule has 26 heavy (non-hydrogen) atoms. The number of hydrogen-bond donors (Lipinski definition) is 1. The fraction of sp³-hybridized carbons (Fsp3) is 0.182. The Morgan fingerprint density at radius 1 is 0.885 bits per heavy atom. The molecule has 3 aromatic rings. The van der Waals surface area contributed by atoms with Gasteiger partial charge in [0.1, 0.15) is 0 Å². The highest BCUT2D eigenvalue weighted by Crippen LogP contribution is 2.30. The number of amides is 2. The third-order valence-electron chi connectivity index (χ3n) is 4.80. The SMILES string of the molecule is O=C1C[C@@H](NCCc2ccccc2)C(=O)N1c1cccc2ccccc12. The number of rotatable bonds is 5. The Kier molecular flexibility index (Phi) is 4.50. The summed E-state index contributed by atoms with van der Waals surface area (Å²) >= 11 is 0. The average molecular weight is 344 g/mol. The van der Waals surface area contributed by atoms with Crippen molar-refractivity contribution in [3.63, 3.8) is 0 Å². The first-order chi connectivity index (χ1) is 12.7. The van der Waals surface area contributed by atoms with Gasteiger partial charge >= 0.3 is 0 Å². The number of carbonyl (C=O) groups is 2. The van der Waals surface area contributed by atoms with E-state index in [1.165, 1.54) is 10.5 Å². The van der Waals surface area contributed by atoms with Crippen LogP contribution in [0.25, 0.3) is 10.8 Å². The van der Waals surface area contributed by atoms with Crippen LogP contribution < -0.4 is 10.2 Å². The van der Waals surface area contributed by atoms with Gasteiger partial charge in [-0.15, -0.1) is 0 Å². The van der Waals surface area contributed by atoms with Crippen molar-refractivity contribution >= 4 is 28.3 Å². The molecule has 1 saturated heterocycles. The van der Waals surface area contributed by atoms with E-state index in [-0.39, 0.29) is 18.2 Å². The predicted octanol–water partition coefficient (Wildman–Crippen LogP) is 3.30. The average Bonchev–Trinajstić information content (AvgIpc) is 2.96. The summed E-state index contributed by atoms with van der Waals surface area (Å²) in [6.07, 6.45) is 1.03. The molecule has 3 aromatic carbocycles. The zero-order chi connectivity index (χ0) is 17.9. The lowest BCUT2D eigenvalue weighted by atomic mass is 10.1. The maximum atomic E-state index is 12.8. The molecule has 0 radical (unpaired) electrons. The number of anilines is 1. The summed E-state index contributed by atoms with van der Waals surface area (Å²) in [4.78, 5) is 26.7. The minimum atomic E-state index is -0.454. The van der Waals surface area contributed by atoms with Crippen molar-refractivity contribution in [3.05, 3.63) is 78.4 Å². The third-order valence-corrected chi connectivity index (χ3v) is 4.80. The summed E-state index contributed by atoms with van der Waals surface area (Å²) in [5.41, 5.74) is 1.88. The molecule has 1 N–H and O–H groups in total. The van der Waals surface area contributed by atoms with E-state index in [1.807, 2.05) is 60.7 Å². The number of carbonyl (C=O) groups excluding carboxylic acids is 2. The fourth-order valence-corrected chi connectivity index (χ4v) is 3.48. The molecule has 0 aliphatic carbocycles. The van der Waals surface area contributed by atoms with E-state index in [1.54, 1.807) is 0 Å². The first kappa shape index (κ1) is 16.5. The van der Waals surface area contributed by atoms with Crippen LogP contribution in [0.15, 0.2) is 72.8 Å². The maximum Gasteiger partial charge on any atom is 0.251 e. The highest BCUT2D eigenvalue weighted by atomic mass is 16.2. The molecule has 4 nitrogen and oxygen atoms in total. The van der Waals surface area contributed by atoms with Crippen LogP contribution in [0.2, 0.25) is 0 Å². The standard InChI is InChI=1S/C22H20N2O2/c25-21-15-19(23-14-13-16-7-2-1-3-8-16)22(26)24(21)20-12-6-10-17-9-4-5-11-18(17)20/h1-12,19,23H,13-15H2/t19-/m1/s1. The van der Waals surface area contributed by atoms with Gasteiger partial charge in [-0.2, -0.15) is 0 Å². The van der Waals surface area contributed by atoms with Gasteiger partial charge in [0.2, 0.25) is 5.91 Å². The lowest BCUT2D eigenvalue weighted by Gasteiger charge is -2.17. The molecule has 0 bridgehead atoms. The number of fused-ring (bicyclic) bond motifs is 1. The van der Waals surface area contributed by atoms with E-state index in [4.69, 9.17) is 0 Å². The monoisotopic (exact) mass is 344 g/mol. The molecule has 1 aliphatic rings. The van der Waals surface area contributed by atoms with Gasteiger partial charge in [-0.3, -0.25) is 9.59 Å². The lowest BCUT2D eigenvalue weighted by molar-refractivity contribution is -0.121. The number of imide groups is 1. The number of benzene rings is 3. The van der Waals surface area contributed by atoms with Crippen molar-refractivity contribution in [2.75, 3.05) is 11.4 Å². The second-order valence-corrected chi connectivity index (χ2v) is 6.51. The first-order valence-corrected chi connectivity index (χ1v) is 8.86. The quantitative estimate of drug-likeness (QED) is 0.723. The molecule has 4 heteroatoms. The summed E-state index contributed by atoms with van der Waals surface area (Å²) in [5, 5.41) is 5.18. The molecule has 1 heterocycles. The molecule has 1 aliphatic heterocycles. The Bertz CT molecular complexity index is 947. The van der Waals surface area contributed by atoms with Gasteiger partial charge < -0.3 is 5.32 Å². The highest BCUT2D eigenvalue weighted by molar-refractivity contribution is 6.25. The van der Waals surface area contributed by atoms with E-state index < -0.39 is 6.04 Å². The van der Waals surface area contributed by atoms with Crippen molar-refractivity contribution in [1.29, 1.82) is 0 Å². The van der Waals surface area contributed by atoms with Gasteiger partial charge in [0, 0.05) is 5.39 Å². The van der Waals surface area contributed by atoms with Crippen LogP contribution in [0.5, 0.6) is 0 Å². The topological polar surface area (TPSA) is 49.4 Å². The Balaban J connectivity index is 1.50. The molecular formula is C22H20N2O2. The molecule has 1 fully saturated rings. The van der Waals surface area contributed by atoms with E-state index in [0.717, 1.165) is 17.2 Å². The smallest absolute Gasteiger partial charge is 0.251 e. The summed E-state index contributed by atoms with van der Waals surface area (Å²) < 4.78 is 0. The van der Waals surface area contributed by atoms with E-state index in [2.05, 4.69) is 17.4 Å². The number of nitrogens with one attached hydrogen (secondary N) is 1. The largest absolute Gasteiger partial charge is 0.305 e. The normalized spacial score (nSPS) is 17.2. The van der Waals surface area contributed by atoms with Crippen molar-refractivity contribution < 1.29 is 9.59 Å². The van der Waals surface area contributed by atoms with Crippen molar-refractivity contribution in [2.45, 2.75) is 18.9 Å². The number of hydrogen-bond acceptors (Lipinski definition) is 3. The van der Waals surface area contributed by atoms with Crippen LogP contribution in [0.3, 0.4) is 0 Å². The van der Waals surface area contributed by atoms with E-state index in [0.29, 0.717) is 12.2 Å². The molecule has 2 amide bonds. The van der Waals surface area contributed by atoms with Crippen LogP contribution in [0, 0.1) is 0 Å². The summed E-state index contributed by atoms with van der Waals surface area (Å²) in [6.45, 7) is 0.664. The zero-order valence-corrected chi connectivity index (χ0v) is 14.4. The highest BCUT2D eigenvalue weighted by Gasteiger charge is 2.39. The fourth-order valence-electron chi connectivity index (χ4n) is 3.48. The van der Waals surface area contributed by atoms with Crippen molar-refractivity contribution in [1.82, 2.24) is 5.32 Å². The summed E-state index contributed by atoms with van der Waals surface area (Å²) in [7, 11) is 0. The van der Waals surface area contributed by atoms with Gasteiger partial charge in [-0.1, -0.05) is 66.7 Å². The van der Waals surface area contributed by atoms with Crippen LogP contribution in [-0.2, 0) is 16.0 Å².